The minimum Gasteiger partial charge on any atom is -0.315 e. The molecule has 2 heteroatoms. The van der Waals surface area contributed by atoms with Crippen molar-refractivity contribution in [2.75, 3.05) is 13.1 Å². The molecule has 0 aliphatic heterocycles. The molecule has 0 unspecified atom stereocenters. The van der Waals surface area contributed by atoms with Crippen molar-refractivity contribution in [1.82, 2.24) is 10.6 Å². The number of rotatable bonds is 12. The first kappa shape index (κ1) is 16.9. The van der Waals surface area contributed by atoms with Gasteiger partial charge in [-0.15, -0.1) is 0 Å². The lowest BCUT2D eigenvalue weighted by Gasteiger charge is -2.08. The highest BCUT2D eigenvalue weighted by Gasteiger charge is 1.94. The van der Waals surface area contributed by atoms with Crippen molar-refractivity contribution in [1.29, 1.82) is 0 Å². The van der Waals surface area contributed by atoms with Crippen molar-refractivity contribution in [2.24, 2.45) is 0 Å². The first-order valence-corrected chi connectivity index (χ1v) is 7.59. The summed E-state index contributed by atoms with van der Waals surface area (Å²) in [5.74, 6) is 0. The van der Waals surface area contributed by atoms with Gasteiger partial charge in [0.25, 0.3) is 0 Å². The molecule has 0 aliphatic rings. The van der Waals surface area contributed by atoms with Crippen molar-refractivity contribution in [2.45, 2.75) is 84.7 Å². The Kier molecular flexibility index (Phi) is 12.3. The van der Waals surface area contributed by atoms with Crippen LogP contribution in [0.1, 0.15) is 72.6 Å². The second-order valence-corrected chi connectivity index (χ2v) is 5.69. The predicted molar refractivity (Wildman–Crippen MR) is 78.6 cm³/mol. The van der Waals surface area contributed by atoms with Gasteiger partial charge in [0.1, 0.15) is 0 Å². The monoisotopic (exact) mass is 242 g/mol. The van der Waals surface area contributed by atoms with Gasteiger partial charge in [-0.2, -0.15) is 0 Å². The summed E-state index contributed by atoms with van der Waals surface area (Å²) in [5, 5.41) is 6.93. The fourth-order valence-electron chi connectivity index (χ4n) is 1.92. The third kappa shape index (κ3) is 15.9. The Morgan fingerprint density at radius 1 is 0.529 bits per heavy atom. The third-order valence-electron chi connectivity index (χ3n) is 2.96. The topological polar surface area (TPSA) is 24.1 Å². The highest BCUT2D eigenvalue weighted by molar-refractivity contribution is 4.55. The average Bonchev–Trinajstić information content (AvgIpc) is 2.25. The van der Waals surface area contributed by atoms with Gasteiger partial charge in [-0.25, -0.2) is 0 Å². The molecule has 17 heavy (non-hydrogen) atoms. The average molecular weight is 242 g/mol. The molecule has 0 bridgehead atoms. The maximum atomic E-state index is 3.47. The molecule has 2 nitrogen and oxygen atoms in total. The molecule has 0 spiro atoms. The van der Waals surface area contributed by atoms with Gasteiger partial charge in [0, 0.05) is 12.1 Å². The van der Waals surface area contributed by atoms with E-state index < -0.39 is 0 Å². The summed E-state index contributed by atoms with van der Waals surface area (Å²) >= 11 is 0. The number of hydrogen-bond donors (Lipinski definition) is 2. The van der Waals surface area contributed by atoms with Crippen LogP contribution in [-0.2, 0) is 0 Å². The molecule has 0 rings (SSSR count). The maximum Gasteiger partial charge on any atom is 0.00103 e. The SMILES string of the molecule is CC(C)NCCCCCCCCCNC(C)C. The zero-order chi connectivity index (χ0) is 12.9. The van der Waals surface area contributed by atoms with E-state index in [9.17, 15) is 0 Å². The summed E-state index contributed by atoms with van der Waals surface area (Å²) in [6, 6.07) is 1.28. The highest BCUT2D eigenvalue weighted by atomic mass is 14.9. The van der Waals surface area contributed by atoms with Crippen LogP contribution in [0.25, 0.3) is 0 Å². The van der Waals surface area contributed by atoms with Crippen LogP contribution in [0.4, 0.5) is 0 Å². The van der Waals surface area contributed by atoms with E-state index >= 15 is 0 Å². The van der Waals surface area contributed by atoms with E-state index in [2.05, 4.69) is 38.3 Å². The summed E-state index contributed by atoms with van der Waals surface area (Å²) in [6.45, 7) is 11.2. The normalized spacial score (nSPS) is 11.6. The number of hydrogen-bond acceptors (Lipinski definition) is 2. The second-order valence-electron chi connectivity index (χ2n) is 5.69. The molecule has 0 aromatic carbocycles. The minimum absolute atomic E-state index is 0.642. The molecular weight excluding hydrogens is 208 g/mol. The molecule has 0 aromatic rings. The smallest absolute Gasteiger partial charge is 0.00103 e. The Bertz CT molecular complexity index is 128. The van der Waals surface area contributed by atoms with E-state index in [0.717, 1.165) is 0 Å². The first-order valence-electron chi connectivity index (χ1n) is 7.59. The van der Waals surface area contributed by atoms with Crippen LogP contribution in [0.15, 0.2) is 0 Å². The molecular formula is C15H34N2. The molecule has 0 fully saturated rings. The van der Waals surface area contributed by atoms with E-state index in [-0.39, 0.29) is 0 Å². The van der Waals surface area contributed by atoms with Crippen molar-refractivity contribution < 1.29 is 0 Å². The summed E-state index contributed by atoms with van der Waals surface area (Å²) in [4.78, 5) is 0. The van der Waals surface area contributed by atoms with Crippen molar-refractivity contribution >= 4 is 0 Å². The maximum absolute atomic E-state index is 3.47. The molecule has 0 heterocycles. The minimum atomic E-state index is 0.642. The van der Waals surface area contributed by atoms with Crippen molar-refractivity contribution in [3.05, 3.63) is 0 Å². The van der Waals surface area contributed by atoms with Crippen LogP contribution in [0.5, 0.6) is 0 Å². The Labute approximate surface area is 109 Å². The Morgan fingerprint density at radius 2 is 0.824 bits per heavy atom. The number of nitrogens with one attached hydrogen (secondary N) is 2. The Hall–Kier alpha value is -0.0800. The molecule has 0 saturated heterocycles. The largest absolute Gasteiger partial charge is 0.315 e. The summed E-state index contributed by atoms with van der Waals surface area (Å²) in [7, 11) is 0. The molecule has 0 atom stereocenters. The fourth-order valence-corrected chi connectivity index (χ4v) is 1.92. The van der Waals surface area contributed by atoms with E-state index in [1.165, 1.54) is 58.0 Å². The van der Waals surface area contributed by atoms with Gasteiger partial charge in [0.2, 0.25) is 0 Å². The van der Waals surface area contributed by atoms with Gasteiger partial charge in [0.15, 0.2) is 0 Å². The lowest BCUT2D eigenvalue weighted by atomic mass is 10.1. The zero-order valence-corrected chi connectivity index (χ0v) is 12.5. The Morgan fingerprint density at radius 3 is 1.12 bits per heavy atom. The molecule has 0 aliphatic carbocycles. The van der Waals surface area contributed by atoms with Crippen LogP contribution in [0.3, 0.4) is 0 Å². The summed E-state index contributed by atoms with van der Waals surface area (Å²) in [6.07, 6.45) is 9.71. The predicted octanol–water partition coefficient (Wildman–Crippen LogP) is 3.71. The second kappa shape index (κ2) is 12.4. The van der Waals surface area contributed by atoms with Gasteiger partial charge in [-0.3, -0.25) is 0 Å². The fraction of sp³-hybridized carbons (Fsp3) is 1.00. The van der Waals surface area contributed by atoms with Crippen LogP contribution < -0.4 is 10.6 Å². The van der Waals surface area contributed by atoms with E-state index in [0.29, 0.717) is 12.1 Å². The number of unbranched alkanes of at least 4 members (excludes halogenated alkanes) is 6. The molecule has 0 aromatic heterocycles. The molecule has 0 saturated carbocycles. The van der Waals surface area contributed by atoms with Crippen LogP contribution in [-0.4, -0.2) is 25.2 Å². The van der Waals surface area contributed by atoms with E-state index in [1.54, 1.807) is 0 Å². The van der Waals surface area contributed by atoms with Crippen LogP contribution >= 0.6 is 0 Å². The first-order chi connectivity index (χ1) is 8.13. The zero-order valence-electron chi connectivity index (χ0n) is 12.5. The van der Waals surface area contributed by atoms with Gasteiger partial charge in [-0.05, 0) is 25.9 Å². The van der Waals surface area contributed by atoms with Crippen molar-refractivity contribution in [3.8, 4) is 0 Å². The van der Waals surface area contributed by atoms with Gasteiger partial charge in [-0.1, -0.05) is 59.8 Å². The quantitative estimate of drug-likeness (QED) is 0.510. The van der Waals surface area contributed by atoms with Crippen molar-refractivity contribution in [3.63, 3.8) is 0 Å². The Balaban J connectivity index is 2.94. The molecule has 0 radical (unpaired) electrons. The van der Waals surface area contributed by atoms with Gasteiger partial charge >= 0.3 is 0 Å². The lowest BCUT2D eigenvalue weighted by molar-refractivity contribution is 0.515. The lowest BCUT2D eigenvalue weighted by Crippen LogP contribution is -2.23. The van der Waals surface area contributed by atoms with Gasteiger partial charge in [0.05, 0.1) is 0 Å². The van der Waals surface area contributed by atoms with E-state index in [1.807, 2.05) is 0 Å². The van der Waals surface area contributed by atoms with Crippen LogP contribution in [0, 0.1) is 0 Å². The van der Waals surface area contributed by atoms with Crippen LogP contribution in [0.2, 0.25) is 0 Å². The molecule has 104 valence electrons. The summed E-state index contributed by atoms with van der Waals surface area (Å²) < 4.78 is 0. The van der Waals surface area contributed by atoms with E-state index in [4.69, 9.17) is 0 Å². The standard InChI is InChI=1S/C15H34N2/c1-14(2)16-12-10-8-6-5-7-9-11-13-17-15(3)4/h14-17H,5-13H2,1-4H3. The molecule has 0 amide bonds. The highest BCUT2D eigenvalue weighted by Crippen LogP contribution is 2.06. The van der Waals surface area contributed by atoms with Gasteiger partial charge < -0.3 is 10.6 Å². The molecule has 2 N–H and O–H groups in total. The third-order valence-corrected chi connectivity index (χ3v) is 2.96. The summed E-state index contributed by atoms with van der Waals surface area (Å²) in [5.41, 5.74) is 0.